The summed E-state index contributed by atoms with van der Waals surface area (Å²) in [4.78, 5) is 51.1. The number of quaternary nitrogens is 1. The summed E-state index contributed by atoms with van der Waals surface area (Å²) < 4.78 is 16.4. The van der Waals surface area contributed by atoms with Gasteiger partial charge in [0.2, 0.25) is 12.1 Å². The Morgan fingerprint density at radius 3 is 2.34 bits per heavy atom. The van der Waals surface area contributed by atoms with E-state index in [0.717, 1.165) is 11.1 Å². The number of carbonyl (C=O) groups is 4. The molecule has 3 amide bonds. The number of halogens is 1. The number of rotatable bonds is 7. The standard InChI is InChI=1S/C26H38ClN3O7S/c1-16(31)35-21(25(2,3)4)23(33)30-10-11-38(37-30)15-20(30)22(32)28-14-18-12-19(27)9-8-17(18)13-29-24(34)36-26(5,6)7/h8-9,12,20-21,38H,10-11,13-15H2,1-7H3,(H-,28,29,32,34)/p+1/t20?,21?,30-/m1/s1. The van der Waals surface area contributed by atoms with E-state index in [1.807, 2.05) is 20.8 Å². The number of fused-ring (bicyclic) bond motifs is 2. The van der Waals surface area contributed by atoms with E-state index < -0.39 is 57.0 Å². The zero-order chi connectivity index (χ0) is 28.5. The van der Waals surface area contributed by atoms with E-state index in [2.05, 4.69) is 10.6 Å². The average Bonchev–Trinajstić information content (AvgIpc) is 3.38. The van der Waals surface area contributed by atoms with Gasteiger partial charge < -0.3 is 20.1 Å². The van der Waals surface area contributed by atoms with Crippen molar-refractivity contribution >= 4 is 46.7 Å². The van der Waals surface area contributed by atoms with Gasteiger partial charge in [-0.15, -0.1) is 4.28 Å². The first-order valence-corrected chi connectivity index (χ1v) is 14.6. The largest absolute Gasteiger partial charge is 0.447 e. The SMILES string of the molecule is CC(=O)OC(C(=O)[N@@+]12CC[S@H](CC1C(=O)NCc1cc(Cl)ccc1CNC(=O)OC(C)(C)C)O2)C(C)(C)C. The van der Waals surface area contributed by atoms with Crippen LogP contribution in [0.25, 0.3) is 0 Å². The molecule has 10 nitrogen and oxygen atoms in total. The molecule has 212 valence electrons. The van der Waals surface area contributed by atoms with Crippen LogP contribution in [-0.4, -0.2) is 64.3 Å². The molecule has 0 aliphatic carbocycles. The molecular weight excluding hydrogens is 534 g/mol. The summed E-state index contributed by atoms with van der Waals surface area (Å²) in [6, 6.07) is 4.46. The van der Waals surface area contributed by atoms with Gasteiger partial charge in [0, 0.05) is 30.5 Å². The summed E-state index contributed by atoms with van der Waals surface area (Å²) in [5.41, 5.74) is 0.178. The number of esters is 1. The van der Waals surface area contributed by atoms with Crippen molar-refractivity contribution in [3.63, 3.8) is 0 Å². The molecule has 12 heteroatoms. The maximum atomic E-state index is 13.8. The summed E-state index contributed by atoms with van der Waals surface area (Å²) >= 11 is 5.28. The number of amides is 3. The van der Waals surface area contributed by atoms with E-state index in [1.54, 1.807) is 39.0 Å². The van der Waals surface area contributed by atoms with E-state index in [-0.39, 0.29) is 19.0 Å². The maximum absolute atomic E-state index is 13.8. The number of ether oxygens (including phenoxy) is 2. The lowest BCUT2D eigenvalue weighted by Crippen LogP contribution is -2.65. The van der Waals surface area contributed by atoms with Crippen molar-refractivity contribution in [3.8, 4) is 0 Å². The molecule has 38 heavy (non-hydrogen) atoms. The van der Waals surface area contributed by atoms with Crippen molar-refractivity contribution in [2.75, 3.05) is 18.1 Å². The number of hydrogen-bond acceptors (Lipinski definition) is 7. The van der Waals surface area contributed by atoms with Crippen molar-refractivity contribution in [3.05, 3.63) is 34.3 Å². The first kappa shape index (κ1) is 30.2. The number of benzene rings is 1. The fraction of sp³-hybridized carbons (Fsp3) is 0.615. The van der Waals surface area contributed by atoms with Gasteiger partial charge in [-0.3, -0.25) is 9.59 Å². The van der Waals surface area contributed by atoms with E-state index in [1.165, 1.54) is 6.92 Å². The Morgan fingerprint density at radius 2 is 1.76 bits per heavy atom. The van der Waals surface area contributed by atoms with Crippen LogP contribution in [0, 0.1) is 5.41 Å². The van der Waals surface area contributed by atoms with Gasteiger partial charge in [-0.2, -0.15) is 0 Å². The molecule has 0 radical (unpaired) electrons. The molecule has 3 rings (SSSR count). The first-order chi connectivity index (χ1) is 17.5. The van der Waals surface area contributed by atoms with E-state index in [9.17, 15) is 19.2 Å². The average molecular weight is 573 g/mol. The van der Waals surface area contributed by atoms with E-state index in [4.69, 9.17) is 25.4 Å². The third-order valence-corrected chi connectivity index (χ3v) is 8.45. The lowest BCUT2D eigenvalue weighted by Gasteiger charge is -2.36. The van der Waals surface area contributed by atoms with E-state index in [0.29, 0.717) is 23.1 Å². The number of carbonyl (C=O) groups excluding carboxylic acids is 4. The van der Waals surface area contributed by atoms with Gasteiger partial charge in [-0.1, -0.05) is 54.3 Å². The molecule has 2 bridgehead atoms. The minimum atomic E-state index is -1.05. The van der Waals surface area contributed by atoms with Crippen LogP contribution in [0.1, 0.15) is 59.6 Å². The van der Waals surface area contributed by atoms with E-state index >= 15 is 0 Å². The zero-order valence-electron chi connectivity index (χ0n) is 23.1. The lowest BCUT2D eigenvalue weighted by molar-refractivity contribution is -1.01. The molecule has 2 heterocycles. The molecule has 0 aromatic heterocycles. The van der Waals surface area contributed by atoms with Crippen LogP contribution in [0.15, 0.2) is 18.2 Å². The molecule has 4 atom stereocenters. The number of thiol groups is 1. The monoisotopic (exact) mass is 572 g/mol. The van der Waals surface area contributed by atoms with Gasteiger partial charge in [0.25, 0.3) is 5.91 Å². The second-order valence-electron chi connectivity index (χ2n) is 11.7. The zero-order valence-corrected chi connectivity index (χ0v) is 24.7. The maximum Gasteiger partial charge on any atom is 0.407 e. The molecule has 2 aliphatic heterocycles. The van der Waals surface area contributed by atoms with Crippen LogP contribution in [-0.2, 0) is 41.2 Å². The first-order valence-electron chi connectivity index (χ1n) is 12.6. The Labute approximate surface area is 231 Å². The van der Waals surface area contributed by atoms with Crippen LogP contribution in [0.2, 0.25) is 5.02 Å². The lowest BCUT2D eigenvalue weighted by atomic mass is 9.87. The quantitative estimate of drug-likeness (QED) is 0.260. The second-order valence-corrected chi connectivity index (χ2v) is 14.1. The highest BCUT2D eigenvalue weighted by atomic mass is 35.5. The third kappa shape index (κ3) is 7.19. The van der Waals surface area contributed by atoms with Gasteiger partial charge in [0.05, 0.1) is 11.5 Å². The highest BCUT2D eigenvalue weighted by Gasteiger charge is 2.65. The second kappa shape index (κ2) is 11.4. The van der Waals surface area contributed by atoms with Gasteiger partial charge in [0.1, 0.15) is 12.1 Å². The van der Waals surface area contributed by atoms with Gasteiger partial charge in [-0.25, -0.2) is 9.59 Å². The molecule has 0 spiro atoms. The van der Waals surface area contributed by atoms with Crippen molar-refractivity contribution in [2.45, 2.75) is 79.3 Å². The third-order valence-electron chi connectivity index (χ3n) is 6.24. The smallest absolute Gasteiger partial charge is 0.407 e. The van der Waals surface area contributed by atoms with Crippen LogP contribution >= 0.6 is 22.8 Å². The highest BCUT2D eigenvalue weighted by Crippen LogP contribution is 2.51. The fourth-order valence-corrected chi connectivity index (χ4v) is 7.01. The summed E-state index contributed by atoms with van der Waals surface area (Å²) in [7, 11) is 0. The van der Waals surface area contributed by atoms with Crippen LogP contribution in [0.4, 0.5) is 4.79 Å². The molecule has 2 N–H and O–H groups in total. The minimum absolute atomic E-state index is 0.139. The Hall–Kier alpha value is -2.34. The molecule has 2 aliphatic rings. The summed E-state index contributed by atoms with van der Waals surface area (Å²) in [6.07, 6.45) is -1.61. The predicted octanol–water partition coefficient (Wildman–Crippen LogP) is 3.55. The fourth-order valence-electron chi connectivity index (χ4n) is 4.46. The molecule has 0 saturated carbocycles. The highest BCUT2D eigenvalue weighted by molar-refractivity contribution is 8.13. The summed E-state index contributed by atoms with van der Waals surface area (Å²) in [6.45, 7) is 12.7. The number of nitrogens with zero attached hydrogens (tertiary/aromatic N) is 1. The van der Waals surface area contributed by atoms with Crippen LogP contribution < -0.4 is 10.6 Å². The Morgan fingerprint density at radius 1 is 1.11 bits per heavy atom. The normalized spacial score (nSPS) is 23.5. The van der Waals surface area contributed by atoms with Crippen LogP contribution in [0.5, 0.6) is 0 Å². The summed E-state index contributed by atoms with van der Waals surface area (Å²) in [5, 5.41) is 6.14. The number of hydroxylamine groups is 3. The molecule has 2 fully saturated rings. The molecule has 1 aromatic rings. The van der Waals surface area contributed by atoms with Gasteiger partial charge in [-0.05, 0) is 44.0 Å². The van der Waals surface area contributed by atoms with Crippen molar-refractivity contribution in [2.24, 2.45) is 5.41 Å². The molecular formula is C26H39ClN3O7S+. The van der Waals surface area contributed by atoms with Gasteiger partial charge in [0.15, 0.2) is 0 Å². The van der Waals surface area contributed by atoms with Crippen LogP contribution in [0.3, 0.4) is 0 Å². The Bertz CT molecular complexity index is 1100. The van der Waals surface area contributed by atoms with Crippen molar-refractivity contribution in [1.29, 1.82) is 0 Å². The Kier molecular flexibility index (Phi) is 9.07. The van der Waals surface area contributed by atoms with Crippen molar-refractivity contribution < 1.29 is 37.6 Å². The number of alkyl carbamates (subject to hydrolysis) is 1. The molecule has 1 aromatic carbocycles. The number of hydrogen-bond donors (Lipinski definition) is 3. The predicted molar refractivity (Wildman–Crippen MR) is 145 cm³/mol. The summed E-state index contributed by atoms with van der Waals surface area (Å²) in [5.74, 6) is -0.153. The number of nitrogens with one attached hydrogen (secondary N) is 2. The van der Waals surface area contributed by atoms with Gasteiger partial charge >= 0.3 is 18.0 Å². The molecule has 2 saturated heterocycles. The van der Waals surface area contributed by atoms with Crippen molar-refractivity contribution in [1.82, 2.24) is 10.6 Å². The Balaban J connectivity index is 1.74. The topological polar surface area (TPSA) is 120 Å². The minimum Gasteiger partial charge on any atom is -0.447 e. The molecule has 2 unspecified atom stereocenters.